The first-order valence-electron chi connectivity index (χ1n) is 8.72. The van der Waals surface area contributed by atoms with E-state index in [4.69, 9.17) is 0 Å². The SMILES string of the molecule is CCn1cc(C(=O)NCCn2cnc(C)cc2=O)c(=O)c2ccc(C)nc21. The number of nitrogens with zero attached hydrogens (tertiary/aromatic N) is 4. The maximum atomic E-state index is 12.7. The number of amides is 1. The first-order chi connectivity index (χ1) is 12.9. The molecule has 0 radical (unpaired) electrons. The summed E-state index contributed by atoms with van der Waals surface area (Å²) >= 11 is 0. The van der Waals surface area contributed by atoms with E-state index in [1.54, 1.807) is 23.6 Å². The lowest BCUT2D eigenvalue weighted by Crippen LogP contribution is -2.34. The summed E-state index contributed by atoms with van der Waals surface area (Å²) in [4.78, 5) is 45.5. The molecule has 140 valence electrons. The zero-order valence-electron chi connectivity index (χ0n) is 15.5. The van der Waals surface area contributed by atoms with Crippen molar-refractivity contribution in [3.8, 4) is 0 Å². The van der Waals surface area contributed by atoms with Crippen LogP contribution in [0.5, 0.6) is 0 Å². The fourth-order valence-corrected chi connectivity index (χ4v) is 2.83. The van der Waals surface area contributed by atoms with Crippen molar-refractivity contribution in [3.63, 3.8) is 0 Å². The van der Waals surface area contributed by atoms with Crippen LogP contribution in [0, 0.1) is 13.8 Å². The van der Waals surface area contributed by atoms with E-state index in [1.807, 2.05) is 13.8 Å². The lowest BCUT2D eigenvalue weighted by molar-refractivity contribution is 0.0950. The van der Waals surface area contributed by atoms with Gasteiger partial charge in [-0.15, -0.1) is 0 Å². The summed E-state index contributed by atoms with van der Waals surface area (Å²) < 4.78 is 3.19. The Labute approximate surface area is 155 Å². The maximum absolute atomic E-state index is 12.7. The molecule has 0 unspecified atom stereocenters. The summed E-state index contributed by atoms with van der Waals surface area (Å²) in [5, 5.41) is 3.11. The minimum Gasteiger partial charge on any atom is -0.350 e. The van der Waals surface area contributed by atoms with Gasteiger partial charge in [0, 0.05) is 43.3 Å². The Bertz CT molecular complexity index is 1130. The molecule has 27 heavy (non-hydrogen) atoms. The standard InChI is InChI=1S/C19H21N5O3/c1-4-23-10-15(17(26)14-6-5-12(2)22-18(14)23)19(27)20-7-8-24-11-21-13(3)9-16(24)25/h5-6,9-11H,4,7-8H2,1-3H3,(H,20,27). The second-order valence-electron chi connectivity index (χ2n) is 6.30. The topological polar surface area (TPSA) is 98.9 Å². The first kappa shape index (κ1) is 18.5. The van der Waals surface area contributed by atoms with Crippen molar-refractivity contribution in [2.45, 2.75) is 33.9 Å². The molecule has 0 aliphatic rings. The van der Waals surface area contributed by atoms with Crippen LogP contribution in [0.25, 0.3) is 11.0 Å². The fourth-order valence-electron chi connectivity index (χ4n) is 2.83. The summed E-state index contributed by atoms with van der Waals surface area (Å²) in [7, 11) is 0. The van der Waals surface area contributed by atoms with E-state index in [0.717, 1.165) is 5.69 Å². The monoisotopic (exact) mass is 367 g/mol. The highest BCUT2D eigenvalue weighted by Crippen LogP contribution is 2.11. The molecule has 0 aromatic carbocycles. The molecule has 1 N–H and O–H groups in total. The van der Waals surface area contributed by atoms with Gasteiger partial charge in [0.1, 0.15) is 11.2 Å². The van der Waals surface area contributed by atoms with Crippen LogP contribution in [0.1, 0.15) is 28.7 Å². The molecule has 1 amide bonds. The second kappa shape index (κ2) is 7.53. The largest absolute Gasteiger partial charge is 0.350 e. The molecular weight excluding hydrogens is 346 g/mol. The van der Waals surface area contributed by atoms with Crippen molar-refractivity contribution in [2.75, 3.05) is 6.54 Å². The quantitative estimate of drug-likeness (QED) is 0.726. The van der Waals surface area contributed by atoms with Crippen molar-refractivity contribution in [3.05, 3.63) is 68.3 Å². The molecule has 3 rings (SSSR count). The van der Waals surface area contributed by atoms with E-state index < -0.39 is 5.91 Å². The molecule has 3 heterocycles. The van der Waals surface area contributed by atoms with Gasteiger partial charge in [0.25, 0.3) is 11.5 Å². The Morgan fingerprint density at radius 3 is 2.63 bits per heavy atom. The van der Waals surface area contributed by atoms with E-state index in [2.05, 4.69) is 15.3 Å². The normalized spacial score (nSPS) is 10.9. The number of hydrogen-bond acceptors (Lipinski definition) is 5. The first-order valence-corrected chi connectivity index (χ1v) is 8.72. The predicted molar refractivity (Wildman–Crippen MR) is 102 cm³/mol. The zero-order chi connectivity index (χ0) is 19.6. The maximum Gasteiger partial charge on any atom is 0.256 e. The number of rotatable bonds is 5. The minimum absolute atomic E-state index is 0.0596. The number of hydrogen-bond donors (Lipinski definition) is 1. The van der Waals surface area contributed by atoms with E-state index in [1.165, 1.54) is 23.2 Å². The van der Waals surface area contributed by atoms with Gasteiger partial charge in [-0.2, -0.15) is 0 Å². The molecule has 0 saturated heterocycles. The third kappa shape index (κ3) is 3.79. The summed E-state index contributed by atoms with van der Waals surface area (Å²) in [5.41, 5.74) is 1.53. The average molecular weight is 367 g/mol. The van der Waals surface area contributed by atoms with Gasteiger partial charge in [0.2, 0.25) is 5.43 Å². The predicted octanol–water partition coefficient (Wildman–Crippen LogP) is 1.02. The fraction of sp³-hybridized carbons (Fsp3) is 0.316. The van der Waals surface area contributed by atoms with Crippen LogP contribution in [0.3, 0.4) is 0 Å². The molecule has 0 aliphatic heterocycles. The van der Waals surface area contributed by atoms with Crippen LogP contribution < -0.4 is 16.3 Å². The van der Waals surface area contributed by atoms with Crippen LogP contribution in [0.2, 0.25) is 0 Å². The molecular formula is C19H21N5O3. The van der Waals surface area contributed by atoms with E-state index in [0.29, 0.717) is 23.3 Å². The van der Waals surface area contributed by atoms with Gasteiger partial charge in [-0.1, -0.05) is 0 Å². The molecule has 0 aliphatic carbocycles. The lowest BCUT2D eigenvalue weighted by atomic mass is 10.1. The van der Waals surface area contributed by atoms with Crippen LogP contribution in [-0.4, -0.2) is 31.6 Å². The van der Waals surface area contributed by atoms with E-state index in [-0.39, 0.29) is 29.6 Å². The number of pyridine rings is 2. The van der Waals surface area contributed by atoms with Crippen molar-refractivity contribution >= 4 is 16.9 Å². The van der Waals surface area contributed by atoms with Gasteiger partial charge in [0.15, 0.2) is 0 Å². The van der Waals surface area contributed by atoms with Crippen LogP contribution in [0.15, 0.2) is 40.3 Å². The Morgan fingerprint density at radius 1 is 1.15 bits per heavy atom. The van der Waals surface area contributed by atoms with E-state index >= 15 is 0 Å². The van der Waals surface area contributed by atoms with Gasteiger partial charge in [0.05, 0.1) is 11.7 Å². The molecule has 0 spiro atoms. The minimum atomic E-state index is -0.474. The summed E-state index contributed by atoms with van der Waals surface area (Å²) in [6.07, 6.45) is 2.98. The Hall–Kier alpha value is -3.29. The Kier molecular flexibility index (Phi) is 5.16. The van der Waals surface area contributed by atoms with Crippen molar-refractivity contribution in [2.24, 2.45) is 0 Å². The Balaban J connectivity index is 1.83. The molecule has 8 nitrogen and oxygen atoms in total. The van der Waals surface area contributed by atoms with Crippen molar-refractivity contribution < 1.29 is 4.79 Å². The molecule has 0 saturated carbocycles. The highest BCUT2D eigenvalue weighted by atomic mass is 16.2. The summed E-state index contributed by atoms with van der Waals surface area (Å²) in [6, 6.07) is 4.88. The Morgan fingerprint density at radius 2 is 1.93 bits per heavy atom. The van der Waals surface area contributed by atoms with Crippen LogP contribution in [-0.2, 0) is 13.1 Å². The average Bonchev–Trinajstić information content (AvgIpc) is 2.63. The molecule has 8 heteroatoms. The third-order valence-electron chi connectivity index (χ3n) is 4.30. The highest BCUT2D eigenvalue weighted by molar-refractivity contribution is 5.96. The smallest absolute Gasteiger partial charge is 0.256 e. The molecule has 0 bridgehead atoms. The van der Waals surface area contributed by atoms with Gasteiger partial charge < -0.3 is 9.88 Å². The third-order valence-corrected chi connectivity index (χ3v) is 4.30. The van der Waals surface area contributed by atoms with Crippen molar-refractivity contribution in [1.82, 2.24) is 24.4 Å². The molecule has 0 atom stereocenters. The number of nitrogens with one attached hydrogen (secondary N) is 1. The van der Waals surface area contributed by atoms with Crippen LogP contribution >= 0.6 is 0 Å². The van der Waals surface area contributed by atoms with Gasteiger partial charge in [-0.05, 0) is 32.9 Å². The summed E-state index contributed by atoms with van der Waals surface area (Å²) in [6.45, 7) is 6.58. The van der Waals surface area contributed by atoms with E-state index in [9.17, 15) is 14.4 Å². The van der Waals surface area contributed by atoms with Gasteiger partial charge in [-0.3, -0.25) is 19.0 Å². The number of carbonyl (C=O) groups is 1. The van der Waals surface area contributed by atoms with Gasteiger partial charge in [-0.25, -0.2) is 9.97 Å². The summed E-state index contributed by atoms with van der Waals surface area (Å²) in [5.74, 6) is -0.474. The highest BCUT2D eigenvalue weighted by Gasteiger charge is 2.15. The van der Waals surface area contributed by atoms with Crippen molar-refractivity contribution in [1.29, 1.82) is 0 Å². The molecule has 3 aromatic heterocycles. The number of carbonyl (C=O) groups excluding carboxylic acids is 1. The lowest BCUT2D eigenvalue weighted by Gasteiger charge is -2.12. The molecule has 0 fully saturated rings. The second-order valence-corrected chi connectivity index (χ2v) is 6.30. The number of fused-ring (bicyclic) bond motifs is 1. The van der Waals surface area contributed by atoms with Gasteiger partial charge >= 0.3 is 0 Å². The zero-order valence-corrected chi connectivity index (χ0v) is 15.5. The number of aryl methyl sites for hydroxylation is 3. The molecule has 3 aromatic rings. The number of aromatic nitrogens is 4. The van der Waals surface area contributed by atoms with Crippen LogP contribution in [0.4, 0.5) is 0 Å².